The second-order valence-electron chi connectivity index (χ2n) is 22.8. The van der Waals surface area contributed by atoms with E-state index in [0.29, 0.717) is 51.4 Å². The topological polar surface area (TPSA) is 320 Å². The first-order valence-electron chi connectivity index (χ1n) is 23.6. The average molecular weight is 943 g/mol. The van der Waals surface area contributed by atoms with E-state index in [-0.39, 0.29) is 39.4 Å². The maximum atomic E-state index is 14.7. The van der Waals surface area contributed by atoms with E-state index >= 15 is 0 Å². The molecule has 2 heterocycles. The second kappa shape index (κ2) is 17.8. The van der Waals surface area contributed by atoms with Crippen LogP contribution in [0.1, 0.15) is 113 Å². The van der Waals surface area contributed by atoms with Crippen LogP contribution in [0.5, 0.6) is 0 Å². The molecule has 20 atom stereocenters. The minimum Gasteiger partial charge on any atom is -0.480 e. The van der Waals surface area contributed by atoms with Crippen LogP contribution in [-0.2, 0) is 38.1 Å². The Morgan fingerprint density at radius 3 is 2.05 bits per heavy atom. The number of aliphatic carboxylic acids is 2. The largest absolute Gasteiger partial charge is 0.480 e. The number of aliphatic hydroxyl groups is 9. The number of hydrogen-bond donors (Lipinski definition) is 11. The summed E-state index contributed by atoms with van der Waals surface area (Å²) in [5.74, 6) is -4.17. The molecule has 0 aromatic carbocycles. The summed E-state index contributed by atoms with van der Waals surface area (Å²) in [6, 6.07) is 0. The van der Waals surface area contributed by atoms with E-state index in [1.165, 1.54) is 5.57 Å². The molecule has 0 amide bonds. The van der Waals surface area contributed by atoms with Gasteiger partial charge in [-0.05, 0) is 109 Å². The summed E-state index contributed by atoms with van der Waals surface area (Å²) in [7, 11) is 0. The second-order valence-corrected chi connectivity index (χ2v) is 22.8. The molecular formula is C47H74O19. The van der Waals surface area contributed by atoms with Crippen molar-refractivity contribution in [1.29, 1.82) is 0 Å². The third kappa shape index (κ3) is 7.78. The van der Waals surface area contributed by atoms with Gasteiger partial charge < -0.3 is 79.9 Å². The zero-order valence-electron chi connectivity index (χ0n) is 39.1. The summed E-state index contributed by atoms with van der Waals surface area (Å²) in [5.41, 5.74) is -4.39. The number of carbonyl (C=O) groups is 3. The number of carboxylic acid groups (broad SMARTS) is 2. The van der Waals surface area contributed by atoms with E-state index in [2.05, 4.69) is 40.7 Å². The minimum absolute atomic E-state index is 0.0855. The SMILES string of the molecule is CC1(C)CC[C@]2(C(=O)O[C@H]3O[C@@H](CO)[C@H](O)[C@@H](O)[C@@H]3O)CC[C@]3(C)C(=CC[C@@H]4[C@@]5(C)CC[C@H](O[C@@]6([C@H](OCC(=O)O)[C@H](O)C(=O)O)[C@H](O)[C@@H](CO)O[C@@H](O)[C@@H]6O)C(C)(C)[C@@H]5CC[C@]43C)[C@H]2C1. The Hall–Kier alpha value is -2.37. The lowest BCUT2D eigenvalue weighted by Gasteiger charge is -2.71. The van der Waals surface area contributed by atoms with Crippen molar-refractivity contribution in [2.24, 2.45) is 50.2 Å². The van der Waals surface area contributed by atoms with Gasteiger partial charge in [-0.1, -0.05) is 60.1 Å². The van der Waals surface area contributed by atoms with Crippen LogP contribution in [-0.4, -0.2) is 173 Å². The van der Waals surface area contributed by atoms with Crippen molar-refractivity contribution in [2.45, 2.75) is 192 Å². The molecule has 0 aromatic rings. The average Bonchev–Trinajstić information content (AvgIpc) is 3.24. The molecule has 4 saturated carbocycles. The summed E-state index contributed by atoms with van der Waals surface area (Å²) in [5, 5.41) is 117. The van der Waals surface area contributed by atoms with Crippen molar-refractivity contribution in [3.8, 4) is 0 Å². The highest BCUT2D eigenvalue weighted by molar-refractivity contribution is 5.79. The zero-order chi connectivity index (χ0) is 48.9. The van der Waals surface area contributed by atoms with Crippen LogP contribution in [0.2, 0.25) is 0 Å². The Bertz CT molecular complexity index is 1870. The van der Waals surface area contributed by atoms with Gasteiger partial charge in [-0.3, -0.25) is 4.79 Å². The Kier molecular flexibility index (Phi) is 13.9. The van der Waals surface area contributed by atoms with Gasteiger partial charge in [0.2, 0.25) is 6.29 Å². The number of allylic oxidation sites excluding steroid dienone is 2. The van der Waals surface area contributed by atoms with Crippen molar-refractivity contribution in [3.05, 3.63) is 11.6 Å². The molecule has 376 valence electrons. The van der Waals surface area contributed by atoms with Gasteiger partial charge in [0.15, 0.2) is 18.0 Å². The third-order valence-electron chi connectivity index (χ3n) is 18.8. The van der Waals surface area contributed by atoms with Gasteiger partial charge in [0.1, 0.15) is 55.4 Å². The monoisotopic (exact) mass is 942 g/mol. The van der Waals surface area contributed by atoms with E-state index < -0.39 is 128 Å². The number of hydrogen-bond acceptors (Lipinski definition) is 17. The quantitative estimate of drug-likeness (QED) is 0.0943. The van der Waals surface area contributed by atoms with Crippen LogP contribution < -0.4 is 0 Å². The molecule has 0 aromatic heterocycles. The molecule has 19 nitrogen and oxygen atoms in total. The molecule has 0 radical (unpaired) electrons. The molecule has 7 rings (SSSR count). The van der Waals surface area contributed by atoms with Gasteiger partial charge in [0, 0.05) is 0 Å². The van der Waals surface area contributed by atoms with Gasteiger partial charge in [-0.2, -0.15) is 0 Å². The molecule has 6 fully saturated rings. The Labute approximate surface area is 385 Å². The lowest BCUT2D eigenvalue weighted by atomic mass is 9.33. The fourth-order valence-electron chi connectivity index (χ4n) is 14.9. The van der Waals surface area contributed by atoms with Crippen molar-refractivity contribution < 1.29 is 94.2 Å². The van der Waals surface area contributed by atoms with Crippen LogP contribution in [0.15, 0.2) is 11.6 Å². The molecular weight excluding hydrogens is 868 g/mol. The van der Waals surface area contributed by atoms with E-state index in [1.54, 1.807) is 0 Å². The predicted molar refractivity (Wildman–Crippen MR) is 227 cm³/mol. The summed E-state index contributed by atoms with van der Waals surface area (Å²) in [4.78, 5) is 38.8. The first-order chi connectivity index (χ1) is 30.6. The van der Waals surface area contributed by atoms with E-state index in [9.17, 15) is 70.6 Å². The highest BCUT2D eigenvalue weighted by atomic mass is 16.7. The normalized spacial score (nSPS) is 48.2. The highest BCUT2D eigenvalue weighted by Gasteiger charge is 2.72. The van der Waals surface area contributed by atoms with Gasteiger partial charge >= 0.3 is 17.9 Å². The van der Waals surface area contributed by atoms with Crippen molar-refractivity contribution in [1.82, 2.24) is 0 Å². The number of rotatable bonds is 12. The number of fused-ring (bicyclic) bond motifs is 7. The number of carbonyl (C=O) groups excluding carboxylic acids is 1. The van der Waals surface area contributed by atoms with Crippen molar-refractivity contribution >= 4 is 17.9 Å². The van der Waals surface area contributed by atoms with Crippen LogP contribution in [0.3, 0.4) is 0 Å². The first kappa shape index (κ1) is 51.5. The van der Waals surface area contributed by atoms with Crippen molar-refractivity contribution in [3.63, 3.8) is 0 Å². The Balaban J connectivity index is 1.22. The lowest BCUT2D eigenvalue weighted by Crippen LogP contribution is -2.77. The molecule has 0 unspecified atom stereocenters. The molecule has 0 spiro atoms. The highest BCUT2D eigenvalue weighted by Crippen LogP contribution is 2.76. The van der Waals surface area contributed by atoms with E-state index in [0.717, 1.165) is 12.8 Å². The fourth-order valence-corrected chi connectivity index (χ4v) is 14.9. The van der Waals surface area contributed by atoms with Gasteiger partial charge in [0.25, 0.3) is 0 Å². The van der Waals surface area contributed by atoms with E-state index in [4.69, 9.17) is 23.7 Å². The predicted octanol–water partition coefficient (Wildman–Crippen LogP) is 0.602. The maximum Gasteiger partial charge on any atom is 0.335 e. The number of carboxylic acids is 2. The Morgan fingerprint density at radius 1 is 0.773 bits per heavy atom. The van der Waals surface area contributed by atoms with Crippen LogP contribution in [0, 0.1) is 50.2 Å². The molecule has 7 aliphatic rings. The maximum absolute atomic E-state index is 14.7. The molecule has 66 heavy (non-hydrogen) atoms. The summed E-state index contributed by atoms with van der Waals surface area (Å²) >= 11 is 0. The van der Waals surface area contributed by atoms with Gasteiger partial charge in [-0.15, -0.1) is 0 Å². The fraction of sp³-hybridized carbons (Fsp3) is 0.894. The third-order valence-corrected chi connectivity index (χ3v) is 18.8. The van der Waals surface area contributed by atoms with Crippen LogP contribution in [0.25, 0.3) is 0 Å². The first-order valence-corrected chi connectivity index (χ1v) is 23.6. The van der Waals surface area contributed by atoms with Crippen LogP contribution in [0.4, 0.5) is 0 Å². The Morgan fingerprint density at radius 2 is 1.42 bits per heavy atom. The summed E-state index contributed by atoms with van der Waals surface area (Å²) in [6.45, 7) is 12.6. The van der Waals surface area contributed by atoms with Crippen molar-refractivity contribution in [2.75, 3.05) is 19.8 Å². The number of esters is 1. The number of aliphatic hydroxyl groups excluding tert-OH is 9. The lowest BCUT2D eigenvalue weighted by molar-refractivity contribution is -0.377. The standard InChI is InChI=1S/C47H74O19/c1-41(2)14-16-46(40(61)65-39-32(54)31(53)30(52)24(19-48)64-39)17-15-44(6)22(23(46)18-41)8-9-27-43(5)12-11-28(42(3,4)26(43)10-13-45(27,44)7)66-47(34(56)25(20-49)63-38(60)35(47)57)36(33(55)37(58)59)62-21-29(50)51/h8,23-28,30-36,38-39,48-49,52-57,60H,9-21H2,1-7H3,(H,50,51)(H,58,59)/t23-,24+,25-,26+,27-,28+,30+,31-,32+,33+,34-,35+,36-,38-,39-,43+,44-,45-,46+,47+/m1/s1. The van der Waals surface area contributed by atoms with E-state index in [1.807, 2.05) is 13.8 Å². The zero-order valence-corrected chi connectivity index (χ0v) is 39.1. The molecule has 5 aliphatic carbocycles. The summed E-state index contributed by atoms with van der Waals surface area (Å²) < 4.78 is 29.1. The molecule has 2 saturated heterocycles. The summed E-state index contributed by atoms with van der Waals surface area (Å²) in [6.07, 6.45) is -13.3. The molecule has 0 bridgehead atoms. The minimum atomic E-state index is -2.71. The van der Waals surface area contributed by atoms with Crippen LogP contribution >= 0.6 is 0 Å². The molecule has 2 aliphatic heterocycles. The molecule has 19 heteroatoms. The molecule has 11 N–H and O–H groups in total. The van der Waals surface area contributed by atoms with Gasteiger partial charge in [-0.25, -0.2) is 9.59 Å². The number of ether oxygens (including phenoxy) is 5. The van der Waals surface area contributed by atoms with Gasteiger partial charge in [0.05, 0.1) is 24.7 Å². The smallest absolute Gasteiger partial charge is 0.335 e.